The first-order valence-corrected chi connectivity index (χ1v) is 5.02. The maximum absolute atomic E-state index is 10.4. The molecule has 3 heteroatoms. The number of carboxylic acid groups (broad SMARTS) is 1. The quantitative estimate of drug-likeness (QED) is 0.703. The highest BCUT2D eigenvalue weighted by Crippen LogP contribution is 2.40. The molecular formula is C10H18O3. The van der Waals surface area contributed by atoms with Gasteiger partial charge in [-0.05, 0) is 25.2 Å². The van der Waals surface area contributed by atoms with E-state index in [-0.39, 0.29) is 6.42 Å². The Morgan fingerprint density at radius 1 is 1.62 bits per heavy atom. The standard InChI is InChI=1S/C10H18O3/c1-2-8-4-3-6-10(8,13)7-5-9(11)12/h8,13H,2-7H2,1H3,(H,11,12). The lowest BCUT2D eigenvalue weighted by Gasteiger charge is -2.28. The fourth-order valence-electron chi connectivity index (χ4n) is 2.36. The van der Waals surface area contributed by atoms with Crippen LogP contribution in [0.15, 0.2) is 0 Å². The predicted octanol–water partition coefficient (Wildman–Crippen LogP) is 1.79. The SMILES string of the molecule is CCC1CCCC1(O)CCC(=O)O. The van der Waals surface area contributed by atoms with Gasteiger partial charge >= 0.3 is 5.97 Å². The predicted molar refractivity (Wildman–Crippen MR) is 49.5 cm³/mol. The molecule has 0 aliphatic heterocycles. The average Bonchev–Trinajstić information content (AvgIpc) is 2.44. The maximum Gasteiger partial charge on any atom is 0.303 e. The molecule has 13 heavy (non-hydrogen) atoms. The monoisotopic (exact) mass is 186 g/mol. The Bertz CT molecular complexity index is 191. The Balaban J connectivity index is 2.48. The van der Waals surface area contributed by atoms with Crippen LogP contribution in [-0.4, -0.2) is 21.8 Å². The number of aliphatic carboxylic acids is 1. The fourth-order valence-corrected chi connectivity index (χ4v) is 2.36. The third-order valence-electron chi connectivity index (χ3n) is 3.19. The largest absolute Gasteiger partial charge is 0.481 e. The molecule has 0 aromatic heterocycles. The van der Waals surface area contributed by atoms with Gasteiger partial charge in [0.15, 0.2) is 0 Å². The van der Waals surface area contributed by atoms with E-state index in [1.165, 1.54) is 0 Å². The minimum atomic E-state index is -0.810. The summed E-state index contributed by atoms with van der Waals surface area (Å²) in [6.45, 7) is 2.06. The topological polar surface area (TPSA) is 57.5 Å². The smallest absolute Gasteiger partial charge is 0.303 e. The minimum Gasteiger partial charge on any atom is -0.481 e. The third-order valence-corrected chi connectivity index (χ3v) is 3.19. The van der Waals surface area contributed by atoms with Crippen LogP contribution in [0.1, 0.15) is 45.4 Å². The molecule has 0 aromatic rings. The Kier molecular flexibility index (Phi) is 3.31. The van der Waals surface area contributed by atoms with Crippen LogP contribution in [0.5, 0.6) is 0 Å². The lowest BCUT2D eigenvalue weighted by molar-refractivity contribution is -0.139. The number of hydrogen-bond acceptors (Lipinski definition) is 2. The molecule has 0 saturated heterocycles. The normalized spacial score (nSPS) is 33.5. The van der Waals surface area contributed by atoms with Crippen LogP contribution in [0.2, 0.25) is 0 Å². The highest BCUT2D eigenvalue weighted by atomic mass is 16.4. The molecule has 2 unspecified atom stereocenters. The lowest BCUT2D eigenvalue weighted by atomic mass is 9.85. The van der Waals surface area contributed by atoms with Crippen LogP contribution >= 0.6 is 0 Å². The first-order valence-electron chi connectivity index (χ1n) is 5.02. The summed E-state index contributed by atoms with van der Waals surface area (Å²) in [5.74, 6) is -0.498. The zero-order valence-corrected chi connectivity index (χ0v) is 8.12. The summed E-state index contributed by atoms with van der Waals surface area (Å²) >= 11 is 0. The van der Waals surface area contributed by atoms with E-state index in [1.54, 1.807) is 0 Å². The third kappa shape index (κ3) is 2.44. The maximum atomic E-state index is 10.4. The van der Waals surface area contributed by atoms with Crippen LogP contribution in [-0.2, 0) is 4.79 Å². The van der Waals surface area contributed by atoms with Gasteiger partial charge in [0.1, 0.15) is 0 Å². The summed E-state index contributed by atoms with van der Waals surface area (Å²) in [4.78, 5) is 10.4. The van der Waals surface area contributed by atoms with Crippen molar-refractivity contribution in [2.24, 2.45) is 5.92 Å². The van der Waals surface area contributed by atoms with Gasteiger partial charge in [-0.2, -0.15) is 0 Å². The van der Waals surface area contributed by atoms with Crippen molar-refractivity contribution >= 4 is 5.97 Å². The van der Waals surface area contributed by atoms with E-state index in [4.69, 9.17) is 5.11 Å². The van der Waals surface area contributed by atoms with Crippen LogP contribution < -0.4 is 0 Å². The van der Waals surface area contributed by atoms with Gasteiger partial charge in [0, 0.05) is 6.42 Å². The van der Waals surface area contributed by atoms with Crippen LogP contribution in [0.25, 0.3) is 0 Å². The van der Waals surface area contributed by atoms with Crippen molar-refractivity contribution in [2.75, 3.05) is 0 Å². The molecule has 1 rings (SSSR count). The molecule has 0 radical (unpaired) electrons. The van der Waals surface area contributed by atoms with Gasteiger partial charge in [0.05, 0.1) is 5.60 Å². The average molecular weight is 186 g/mol. The van der Waals surface area contributed by atoms with Gasteiger partial charge in [-0.15, -0.1) is 0 Å². The van der Waals surface area contributed by atoms with Gasteiger partial charge in [-0.25, -0.2) is 0 Å². The second-order valence-electron chi connectivity index (χ2n) is 3.99. The minimum absolute atomic E-state index is 0.0903. The van der Waals surface area contributed by atoms with Crippen LogP contribution in [0, 0.1) is 5.92 Å². The summed E-state index contributed by atoms with van der Waals surface area (Å²) < 4.78 is 0. The lowest BCUT2D eigenvalue weighted by Crippen LogP contribution is -2.33. The molecule has 1 aliphatic carbocycles. The number of rotatable bonds is 4. The molecule has 0 spiro atoms. The molecule has 0 bridgehead atoms. The van der Waals surface area contributed by atoms with Crippen molar-refractivity contribution in [1.29, 1.82) is 0 Å². The van der Waals surface area contributed by atoms with Crippen molar-refractivity contribution < 1.29 is 15.0 Å². The molecule has 2 N–H and O–H groups in total. The summed E-state index contributed by atoms with van der Waals surface area (Å²) in [6.07, 6.45) is 4.32. The molecule has 0 heterocycles. The van der Waals surface area contributed by atoms with Crippen molar-refractivity contribution in [3.63, 3.8) is 0 Å². The van der Waals surface area contributed by atoms with E-state index in [2.05, 4.69) is 6.92 Å². The number of carboxylic acids is 1. The van der Waals surface area contributed by atoms with Gasteiger partial charge in [0.25, 0.3) is 0 Å². The Morgan fingerprint density at radius 2 is 2.31 bits per heavy atom. The Hall–Kier alpha value is -0.570. The van der Waals surface area contributed by atoms with E-state index in [1.807, 2.05) is 0 Å². The van der Waals surface area contributed by atoms with Gasteiger partial charge in [-0.3, -0.25) is 4.79 Å². The molecule has 76 valence electrons. The molecule has 2 atom stereocenters. The molecule has 0 aromatic carbocycles. The summed E-state index contributed by atoms with van der Waals surface area (Å²) in [5, 5.41) is 18.7. The fraction of sp³-hybridized carbons (Fsp3) is 0.900. The molecule has 3 nitrogen and oxygen atoms in total. The van der Waals surface area contributed by atoms with Crippen molar-refractivity contribution in [3.8, 4) is 0 Å². The molecule has 1 aliphatic rings. The van der Waals surface area contributed by atoms with Crippen molar-refractivity contribution in [3.05, 3.63) is 0 Å². The second kappa shape index (κ2) is 4.09. The summed E-state index contributed by atoms with van der Waals surface area (Å²) in [6, 6.07) is 0. The van der Waals surface area contributed by atoms with Gasteiger partial charge in [0.2, 0.25) is 0 Å². The van der Waals surface area contributed by atoms with Crippen molar-refractivity contribution in [1.82, 2.24) is 0 Å². The Morgan fingerprint density at radius 3 is 2.85 bits per heavy atom. The van der Waals surface area contributed by atoms with E-state index in [9.17, 15) is 9.90 Å². The van der Waals surface area contributed by atoms with Gasteiger partial charge in [-0.1, -0.05) is 19.8 Å². The molecule has 1 saturated carbocycles. The zero-order chi connectivity index (χ0) is 9.90. The van der Waals surface area contributed by atoms with Gasteiger partial charge < -0.3 is 10.2 Å². The highest BCUT2D eigenvalue weighted by Gasteiger charge is 2.39. The summed E-state index contributed by atoms with van der Waals surface area (Å²) in [5.41, 5.74) is -0.687. The number of aliphatic hydroxyl groups is 1. The van der Waals surface area contributed by atoms with E-state index >= 15 is 0 Å². The molecule has 1 fully saturated rings. The van der Waals surface area contributed by atoms with Crippen LogP contribution in [0.3, 0.4) is 0 Å². The highest BCUT2D eigenvalue weighted by molar-refractivity contribution is 5.66. The second-order valence-corrected chi connectivity index (χ2v) is 3.99. The van der Waals surface area contributed by atoms with E-state index in [0.717, 1.165) is 25.7 Å². The van der Waals surface area contributed by atoms with E-state index < -0.39 is 11.6 Å². The Labute approximate surface area is 78.8 Å². The first-order chi connectivity index (χ1) is 6.08. The molecule has 0 amide bonds. The molecular weight excluding hydrogens is 168 g/mol. The number of carbonyl (C=O) groups is 1. The summed E-state index contributed by atoms with van der Waals surface area (Å²) in [7, 11) is 0. The zero-order valence-electron chi connectivity index (χ0n) is 8.12. The van der Waals surface area contributed by atoms with Crippen LogP contribution in [0.4, 0.5) is 0 Å². The van der Waals surface area contributed by atoms with E-state index in [0.29, 0.717) is 12.3 Å². The van der Waals surface area contributed by atoms with Crippen molar-refractivity contribution in [2.45, 2.75) is 51.0 Å². The first kappa shape index (κ1) is 10.5. The number of hydrogen-bond donors (Lipinski definition) is 2.